The molecule has 0 aliphatic carbocycles. The molecular formula is C24H23BrN4O4S. The van der Waals surface area contributed by atoms with Crippen molar-refractivity contribution in [1.82, 2.24) is 5.43 Å². The summed E-state index contributed by atoms with van der Waals surface area (Å²) in [7, 11) is -4.00. The molecule has 0 heterocycles. The summed E-state index contributed by atoms with van der Waals surface area (Å²) < 4.78 is 28.4. The van der Waals surface area contributed by atoms with Crippen LogP contribution in [0.3, 0.4) is 0 Å². The third-order valence-electron chi connectivity index (χ3n) is 4.68. The number of nitrogens with zero attached hydrogens (tertiary/aromatic N) is 2. The van der Waals surface area contributed by atoms with Gasteiger partial charge in [-0.3, -0.25) is 13.9 Å². The van der Waals surface area contributed by atoms with Gasteiger partial charge in [-0.05, 0) is 61.0 Å². The van der Waals surface area contributed by atoms with E-state index in [1.54, 1.807) is 73.7 Å². The van der Waals surface area contributed by atoms with Crippen molar-refractivity contribution in [3.63, 3.8) is 0 Å². The fourth-order valence-electron chi connectivity index (χ4n) is 3.04. The Morgan fingerprint density at radius 2 is 1.62 bits per heavy atom. The predicted octanol–water partition coefficient (Wildman–Crippen LogP) is 4.14. The van der Waals surface area contributed by atoms with E-state index in [-0.39, 0.29) is 10.8 Å². The molecule has 0 aliphatic heterocycles. The molecule has 34 heavy (non-hydrogen) atoms. The topological polar surface area (TPSA) is 108 Å². The summed E-state index contributed by atoms with van der Waals surface area (Å²) in [6, 6.07) is 21.5. The van der Waals surface area contributed by atoms with Gasteiger partial charge in [0.15, 0.2) is 0 Å². The largest absolute Gasteiger partial charge is 0.326 e. The minimum Gasteiger partial charge on any atom is -0.326 e. The quantitative estimate of drug-likeness (QED) is 0.329. The Balaban J connectivity index is 1.82. The number of benzene rings is 3. The standard InChI is InChI=1S/C24H23BrN4O4S/c1-17(19-7-6-8-21(15-19)26-18(2)30)27-28-24(31)16-29(22-13-11-20(25)12-14-22)34(32,33)23-9-4-3-5-10-23/h3-15H,16H2,1-2H3,(H,26,30)(H,28,31)/b27-17-. The number of amides is 2. The number of anilines is 2. The second kappa shape index (κ2) is 11.1. The first-order chi connectivity index (χ1) is 16.2. The third-order valence-corrected chi connectivity index (χ3v) is 7.00. The van der Waals surface area contributed by atoms with Crippen molar-refractivity contribution in [2.24, 2.45) is 5.10 Å². The molecule has 2 N–H and O–H groups in total. The summed E-state index contributed by atoms with van der Waals surface area (Å²) in [6.07, 6.45) is 0. The predicted molar refractivity (Wildman–Crippen MR) is 136 cm³/mol. The zero-order chi connectivity index (χ0) is 24.7. The monoisotopic (exact) mass is 542 g/mol. The summed E-state index contributed by atoms with van der Waals surface area (Å²) in [4.78, 5) is 24.1. The SMILES string of the molecule is CC(=O)Nc1cccc(/C(C)=N\NC(=O)CN(c2ccc(Br)cc2)S(=O)(=O)c2ccccc2)c1. The van der Waals surface area contributed by atoms with Crippen LogP contribution in [0.5, 0.6) is 0 Å². The number of carbonyl (C=O) groups excluding carboxylic acids is 2. The lowest BCUT2D eigenvalue weighted by atomic mass is 10.1. The summed E-state index contributed by atoms with van der Waals surface area (Å²) in [5.74, 6) is -0.813. The van der Waals surface area contributed by atoms with Crippen LogP contribution < -0.4 is 15.0 Å². The van der Waals surface area contributed by atoms with Crippen LogP contribution in [0.1, 0.15) is 19.4 Å². The molecule has 0 unspecified atom stereocenters. The van der Waals surface area contributed by atoms with Crippen molar-refractivity contribution in [3.05, 3.63) is 88.9 Å². The van der Waals surface area contributed by atoms with Gasteiger partial charge in [-0.2, -0.15) is 5.10 Å². The lowest BCUT2D eigenvalue weighted by molar-refractivity contribution is -0.119. The average molecular weight is 543 g/mol. The van der Waals surface area contributed by atoms with Gasteiger partial charge in [0, 0.05) is 17.1 Å². The first-order valence-corrected chi connectivity index (χ1v) is 12.4. The van der Waals surface area contributed by atoms with Gasteiger partial charge in [-0.25, -0.2) is 13.8 Å². The van der Waals surface area contributed by atoms with Crippen LogP contribution in [-0.4, -0.2) is 32.5 Å². The highest BCUT2D eigenvalue weighted by molar-refractivity contribution is 9.10. The molecule has 3 aromatic carbocycles. The van der Waals surface area contributed by atoms with Gasteiger partial charge in [0.2, 0.25) is 5.91 Å². The van der Waals surface area contributed by atoms with Crippen LogP contribution >= 0.6 is 15.9 Å². The lowest BCUT2D eigenvalue weighted by Crippen LogP contribution is -2.39. The number of hydrazone groups is 1. The van der Waals surface area contributed by atoms with Crippen molar-refractivity contribution >= 4 is 54.9 Å². The molecule has 0 atom stereocenters. The minimum absolute atomic E-state index is 0.0696. The Morgan fingerprint density at radius 3 is 2.26 bits per heavy atom. The van der Waals surface area contributed by atoms with Crippen LogP contribution in [0.2, 0.25) is 0 Å². The molecule has 0 bridgehead atoms. The zero-order valence-electron chi connectivity index (χ0n) is 18.5. The van der Waals surface area contributed by atoms with E-state index in [2.05, 4.69) is 31.8 Å². The number of nitrogens with one attached hydrogen (secondary N) is 2. The van der Waals surface area contributed by atoms with Crippen LogP contribution in [0.25, 0.3) is 0 Å². The van der Waals surface area contributed by atoms with Crippen molar-refractivity contribution in [1.29, 1.82) is 0 Å². The van der Waals surface area contributed by atoms with Crippen molar-refractivity contribution in [2.75, 3.05) is 16.2 Å². The van der Waals surface area contributed by atoms with E-state index in [4.69, 9.17) is 0 Å². The summed E-state index contributed by atoms with van der Waals surface area (Å²) in [5, 5.41) is 6.79. The number of hydrogen-bond acceptors (Lipinski definition) is 5. The third kappa shape index (κ3) is 6.52. The molecular weight excluding hydrogens is 520 g/mol. The average Bonchev–Trinajstić information content (AvgIpc) is 2.82. The second-order valence-corrected chi connectivity index (χ2v) is 10.1. The molecule has 176 valence electrons. The first-order valence-electron chi connectivity index (χ1n) is 10.2. The second-order valence-electron chi connectivity index (χ2n) is 7.30. The van der Waals surface area contributed by atoms with Crippen molar-refractivity contribution < 1.29 is 18.0 Å². The Hall–Kier alpha value is -3.50. The summed E-state index contributed by atoms with van der Waals surface area (Å²) in [6.45, 7) is 2.64. The van der Waals surface area contributed by atoms with E-state index in [0.29, 0.717) is 22.6 Å². The molecule has 0 saturated carbocycles. The van der Waals surface area contributed by atoms with E-state index in [1.807, 2.05) is 0 Å². The van der Waals surface area contributed by atoms with Gasteiger partial charge in [0.05, 0.1) is 16.3 Å². The van der Waals surface area contributed by atoms with Crippen LogP contribution in [0.15, 0.2) is 93.3 Å². The molecule has 0 spiro atoms. The first kappa shape index (κ1) is 25.1. The molecule has 3 rings (SSSR count). The molecule has 8 nitrogen and oxygen atoms in total. The molecule has 2 amide bonds. The van der Waals surface area contributed by atoms with Crippen LogP contribution in [0, 0.1) is 0 Å². The van der Waals surface area contributed by atoms with E-state index < -0.39 is 22.5 Å². The molecule has 0 radical (unpaired) electrons. The Labute approximate surface area is 206 Å². The Morgan fingerprint density at radius 1 is 0.941 bits per heavy atom. The highest BCUT2D eigenvalue weighted by atomic mass is 79.9. The molecule has 0 fully saturated rings. The molecule has 0 aliphatic rings. The highest BCUT2D eigenvalue weighted by Gasteiger charge is 2.27. The van der Waals surface area contributed by atoms with Gasteiger partial charge in [0.1, 0.15) is 6.54 Å². The molecule has 10 heteroatoms. The fraction of sp³-hybridized carbons (Fsp3) is 0.125. The van der Waals surface area contributed by atoms with Gasteiger partial charge >= 0.3 is 0 Å². The van der Waals surface area contributed by atoms with Crippen LogP contribution in [0.4, 0.5) is 11.4 Å². The Kier molecular flexibility index (Phi) is 8.19. The molecule has 0 aromatic heterocycles. The van der Waals surface area contributed by atoms with Crippen LogP contribution in [-0.2, 0) is 19.6 Å². The number of carbonyl (C=O) groups is 2. The fourth-order valence-corrected chi connectivity index (χ4v) is 4.75. The minimum atomic E-state index is -4.00. The number of rotatable bonds is 8. The molecule has 0 saturated heterocycles. The highest BCUT2D eigenvalue weighted by Crippen LogP contribution is 2.25. The van der Waals surface area contributed by atoms with E-state index in [0.717, 1.165) is 8.78 Å². The van der Waals surface area contributed by atoms with E-state index in [1.165, 1.54) is 19.1 Å². The van der Waals surface area contributed by atoms with Gasteiger partial charge in [0.25, 0.3) is 15.9 Å². The Bertz CT molecular complexity index is 1310. The maximum atomic E-state index is 13.3. The number of halogens is 1. The van der Waals surface area contributed by atoms with Crippen molar-refractivity contribution in [3.8, 4) is 0 Å². The van der Waals surface area contributed by atoms with Gasteiger partial charge < -0.3 is 5.32 Å². The smallest absolute Gasteiger partial charge is 0.264 e. The normalized spacial score (nSPS) is 11.6. The van der Waals surface area contributed by atoms with E-state index in [9.17, 15) is 18.0 Å². The zero-order valence-corrected chi connectivity index (χ0v) is 20.9. The maximum Gasteiger partial charge on any atom is 0.264 e. The van der Waals surface area contributed by atoms with Crippen molar-refractivity contribution in [2.45, 2.75) is 18.7 Å². The number of sulfonamides is 1. The van der Waals surface area contributed by atoms with E-state index >= 15 is 0 Å². The number of hydrogen-bond donors (Lipinski definition) is 2. The summed E-state index contributed by atoms with van der Waals surface area (Å²) >= 11 is 3.33. The maximum absolute atomic E-state index is 13.3. The lowest BCUT2D eigenvalue weighted by Gasteiger charge is -2.23. The van der Waals surface area contributed by atoms with Gasteiger partial charge in [-0.1, -0.05) is 46.3 Å². The molecule has 3 aromatic rings. The van der Waals surface area contributed by atoms with Gasteiger partial charge in [-0.15, -0.1) is 0 Å². The summed E-state index contributed by atoms with van der Waals surface area (Å²) in [5.41, 5.74) is 4.54.